The number of carbonyl (C=O) groups excluding carboxylic acids is 2. The summed E-state index contributed by atoms with van der Waals surface area (Å²) in [7, 11) is 1.71. The minimum absolute atomic E-state index is 0.0879. The Morgan fingerprint density at radius 3 is 2.57 bits per heavy atom. The lowest BCUT2D eigenvalue weighted by molar-refractivity contribution is 0.0226. The summed E-state index contributed by atoms with van der Waals surface area (Å²) in [5.41, 5.74) is -0.140. The van der Waals surface area contributed by atoms with Crippen LogP contribution in [0.5, 0.6) is 5.88 Å². The van der Waals surface area contributed by atoms with E-state index in [2.05, 4.69) is 4.98 Å². The fourth-order valence-corrected chi connectivity index (χ4v) is 3.35. The fourth-order valence-electron chi connectivity index (χ4n) is 3.21. The molecule has 1 saturated heterocycles. The minimum Gasteiger partial charge on any atom is -0.474 e. The van der Waals surface area contributed by atoms with Gasteiger partial charge in [-0.25, -0.2) is 9.78 Å². The van der Waals surface area contributed by atoms with E-state index in [1.807, 2.05) is 20.8 Å². The fraction of sp³-hybridized carbons (Fsp3) is 0.650. The van der Waals surface area contributed by atoms with E-state index in [-0.39, 0.29) is 24.1 Å². The maximum Gasteiger partial charge on any atom is 0.410 e. The van der Waals surface area contributed by atoms with E-state index >= 15 is 0 Å². The molecule has 0 aromatic carbocycles. The van der Waals surface area contributed by atoms with Gasteiger partial charge in [-0.1, -0.05) is 11.6 Å². The molecule has 0 N–H and O–H groups in total. The highest BCUT2D eigenvalue weighted by molar-refractivity contribution is 6.29. The topological polar surface area (TPSA) is 72.0 Å². The van der Waals surface area contributed by atoms with Crippen LogP contribution < -0.4 is 4.74 Å². The lowest BCUT2D eigenvalue weighted by Crippen LogP contribution is -2.42. The summed E-state index contributed by atoms with van der Waals surface area (Å²) in [4.78, 5) is 32.9. The third-order valence-electron chi connectivity index (χ3n) is 5.07. The number of hydrogen-bond acceptors (Lipinski definition) is 5. The second-order valence-corrected chi connectivity index (χ2v) is 8.83. The molecule has 2 fully saturated rings. The molecule has 0 unspecified atom stereocenters. The van der Waals surface area contributed by atoms with Crippen molar-refractivity contribution in [1.29, 1.82) is 0 Å². The second-order valence-electron chi connectivity index (χ2n) is 8.44. The van der Waals surface area contributed by atoms with Gasteiger partial charge in [0.2, 0.25) is 5.88 Å². The van der Waals surface area contributed by atoms with Crippen LogP contribution in [0.1, 0.15) is 56.8 Å². The van der Waals surface area contributed by atoms with Crippen molar-refractivity contribution in [3.05, 3.63) is 22.8 Å². The Morgan fingerprint density at radius 2 is 1.96 bits per heavy atom. The number of rotatable bonds is 4. The van der Waals surface area contributed by atoms with Gasteiger partial charge in [0, 0.05) is 20.1 Å². The van der Waals surface area contributed by atoms with Gasteiger partial charge in [-0.15, -0.1) is 0 Å². The molecule has 8 heteroatoms. The number of likely N-dealkylation sites (tertiary alicyclic amines) is 1. The Balaban J connectivity index is 1.66. The average molecular weight is 410 g/mol. The first kappa shape index (κ1) is 20.7. The highest BCUT2D eigenvalue weighted by atomic mass is 35.5. The first-order valence-corrected chi connectivity index (χ1v) is 10.1. The van der Waals surface area contributed by atoms with Crippen LogP contribution >= 0.6 is 11.6 Å². The monoisotopic (exact) mass is 409 g/mol. The second kappa shape index (κ2) is 8.15. The molecule has 2 heterocycles. The maximum absolute atomic E-state index is 13.1. The van der Waals surface area contributed by atoms with Gasteiger partial charge in [0.15, 0.2) is 0 Å². The SMILES string of the molecule is CN(C(=O)OC(C)(C)C)[C@H]1CCN(C(=O)c2ccc(Cl)nc2OC2CCC2)C1. The van der Waals surface area contributed by atoms with Crippen LogP contribution in [0.4, 0.5) is 4.79 Å². The molecular formula is C20H28ClN3O4. The third-order valence-corrected chi connectivity index (χ3v) is 5.28. The molecular weight excluding hydrogens is 382 g/mol. The molecule has 2 aliphatic rings. The van der Waals surface area contributed by atoms with Gasteiger partial charge in [-0.3, -0.25) is 4.79 Å². The van der Waals surface area contributed by atoms with Crippen molar-refractivity contribution in [3.63, 3.8) is 0 Å². The van der Waals surface area contributed by atoms with Crippen LogP contribution in [0.15, 0.2) is 12.1 Å². The van der Waals surface area contributed by atoms with Crippen molar-refractivity contribution >= 4 is 23.6 Å². The van der Waals surface area contributed by atoms with Gasteiger partial charge in [-0.05, 0) is 58.6 Å². The first-order chi connectivity index (χ1) is 13.1. The average Bonchev–Trinajstić information content (AvgIpc) is 3.05. The summed E-state index contributed by atoms with van der Waals surface area (Å²) in [5.74, 6) is 0.143. The van der Waals surface area contributed by atoms with Gasteiger partial charge in [-0.2, -0.15) is 0 Å². The zero-order valence-corrected chi connectivity index (χ0v) is 17.7. The molecule has 1 aromatic heterocycles. The Hall–Kier alpha value is -2.02. The molecule has 1 aromatic rings. The van der Waals surface area contributed by atoms with Gasteiger partial charge in [0.25, 0.3) is 5.91 Å². The molecule has 1 aliphatic heterocycles. The molecule has 0 bridgehead atoms. The van der Waals surface area contributed by atoms with Crippen molar-refractivity contribution in [3.8, 4) is 5.88 Å². The zero-order chi connectivity index (χ0) is 20.5. The molecule has 0 spiro atoms. The predicted octanol–water partition coefficient (Wildman–Crippen LogP) is 3.75. The quantitative estimate of drug-likeness (QED) is 0.708. The normalized spacial score (nSPS) is 19.9. The van der Waals surface area contributed by atoms with Crippen molar-refractivity contribution < 1.29 is 19.1 Å². The molecule has 7 nitrogen and oxygen atoms in total. The summed E-state index contributed by atoms with van der Waals surface area (Å²) in [5, 5.41) is 0.301. The van der Waals surface area contributed by atoms with E-state index in [0.29, 0.717) is 36.1 Å². The smallest absolute Gasteiger partial charge is 0.410 e. The van der Waals surface area contributed by atoms with E-state index in [0.717, 1.165) is 19.3 Å². The van der Waals surface area contributed by atoms with Crippen LogP contribution in [0.2, 0.25) is 5.15 Å². The van der Waals surface area contributed by atoms with Gasteiger partial charge in [0.1, 0.15) is 22.4 Å². The highest BCUT2D eigenvalue weighted by Crippen LogP contribution is 2.29. The molecule has 0 radical (unpaired) electrons. The Bertz CT molecular complexity index is 745. The van der Waals surface area contributed by atoms with Gasteiger partial charge in [0.05, 0.1) is 6.04 Å². The Kier molecular flexibility index (Phi) is 6.03. The minimum atomic E-state index is -0.553. The van der Waals surface area contributed by atoms with Crippen LogP contribution in [0, 0.1) is 0 Å². The van der Waals surface area contributed by atoms with Gasteiger partial charge < -0.3 is 19.3 Å². The summed E-state index contributed by atoms with van der Waals surface area (Å²) < 4.78 is 11.3. The molecule has 28 heavy (non-hydrogen) atoms. The summed E-state index contributed by atoms with van der Waals surface area (Å²) in [6.07, 6.45) is 3.47. The van der Waals surface area contributed by atoms with Crippen LogP contribution in [0.3, 0.4) is 0 Å². The first-order valence-electron chi connectivity index (χ1n) is 9.72. The van der Waals surface area contributed by atoms with Gasteiger partial charge >= 0.3 is 6.09 Å². The van der Waals surface area contributed by atoms with E-state index in [1.54, 1.807) is 29.0 Å². The lowest BCUT2D eigenvalue weighted by atomic mass is 9.96. The van der Waals surface area contributed by atoms with Crippen LogP contribution in [-0.2, 0) is 4.74 Å². The molecule has 1 aliphatic carbocycles. The molecule has 2 amide bonds. The summed E-state index contributed by atoms with van der Waals surface area (Å²) in [6, 6.07) is 3.18. The van der Waals surface area contributed by atoms with E-state index in [1.165, 1.54) is 0 Å². The van der Waals surface area contributed by atoms with Crippen LogP contribution in [0.25, 0.3) is 0 Å². The number of hydrogen-bond donors (Lipinski definition) is 0. The number of amides is 2. The maximum atomic E-state index is 13.1. The number of aromatic nitrogens is 1. The van der Waals surface area contributed by atoms with E-state index in [4.69, 9.17) is 21.1 Å². The number of nitrogens with zero attached hydrogens (tertiary/aromatic N) is 3. The number of pyridine rings is 1. The largest absolute Gasteiger partial charge is 0.474 e. The number of carbonyl (C=O) groups is 2. The summed E-state index contributed by atoms with van der Waals surface area (Å²) >= 11 is 6.00. The Morgan fingerprint density at radius 1 is 1.25 bits per heavy atom. The van der Waals surface area contributed by atoms with Crippen molar-refractivity contribution in [2.24, 2.45) is 0 Å². The molecule has 154 valence electrons. The number of likely N-dealkylation sites (N-methyl/N-ethyl adjacent to an activating group) is 1. The summed E-state index contributed by atoms with van der Waals surface area (Å²) in [6.45, 7) is 6.50. The predicted molar refractivity (Wildman–Crippen MR) is 106 cm³/mol. The molecule has 3 rings (SSSR count). The Labute approximate surface area is 170 Å². The zero-order valence-electron chi connectivity index (χ0n) is 16.9. The third kappa shape index (κ3) is 4.87. The van der Waals surface area contributed by atoms with Crippen molar-refractivity contribution in [1.82, 2.24) is 14.8 Å². The molecule has 1 saturated carbocycles. The lowest BCUT2D eigenvalue weighted by Gasteiger charge is -2.29. The van der Waals surface area contributed by atoms with Crippen molar-refractivity contribution in [2.45, 2.75) is 64.2 Å². The van der Waals surface area contributed by atoms with Crippen molar-refractivity contribution in [2.75, 3.05) is 20.1 Å². The standard InChI is InChI=1S/C20H28ClN3O4/c1-20(2,3)28-19(26)23(4)13-10-11-24(12-13)18(25)15-8-9-16(21)22-17(15)27-14-6-5-7-14/h8-9,13-14H,5-7,10-12H2,1-4H3/t13-/m0/s1. The van der Waals surface area contributed by atoms with E-state index in [9.17, 15) is 9.59 Å². The number of ether oxygens (including phenoxy) is 2. The number of halogens is 1. The highest BCUT2D eigenvalue weighted by Gasteiger charge is 2.34. The molecule has 1 atom stereocenters. The van der Waals surface area contributed by atoms with E-state index < -0.39 is 5.60 Å². The van der Waals surface area contributed by atoms with Crippen LogP contribution in [-0.4, -0.2) is 64.7 Å².